The minimum absolute atomic E-state index is 0.0797. The third-order valence-electron chi connectivity index (χ3n) is 6.07. The van der Waals surface area contributed by atoms with Crippen LogP contribution in [0.25, 0.3) is 0 Å². The van der Waals surface area contributed by atoms with Gasteiger partial charge in [-0.3, -0.25) is 4.79 Å². The van der Waals surface area contributed by atoms with Crippen molar-refractivity contribution in [2.75, 3.05) is 0 Å². The summed E-state index contributed by atoms with van der Waals surface area (Å²) in [5.41, 5.74) is 2.51. The lowest BCUT2D eigenvalue weighted by atomic mass is 9.78. The zero-order valence-electron chi connectivity index (χ0n) is 17.6. The summed E-state index contributed by atoms with van der Waals surface area (Å²) in [6.07, 6.45) is 14.7. The highest BCUT2D eigenvalue weighted by Gasteiger charge is 2.30. The van der Waals surface area contributed by atoms with E-state index in [2.05, 4.69) is 33.8 Å². The minimum Gasteiger partial charge on any atom is -0.481 e. The van der Waals surface area contributed by atoms with Gasteiger partial charge >= 0.3 is 5.97 Å². The molecule has 1 unspecified atom stereocenters. The first-order valence-corrected chi connectivity index (χ1v) is 11.0. The lowest BCUT2D eigenvalue weighted by Crippen LogP contribution is -2.24. The van der Waals surface area contributed by atoms with Crippen LogP contribution in [0, 0.1) is 5.92 Å². The van der Waals surface area contributed by atoms with Gasteiger partial charge in [0.15, 0.2) is 0 Å². The average Bonchev–Trinajstić information content (AvgIpc) is 3.31. The molecule has 1 atom stereocenters. The second kappa shape index (κ2) is 11.6. The minimum atomic E-state index is -0.762. The second-order valence-electron chi connectivity index (χ2n) is 8.15. The Balaban J connectivity index is 1.94. The van der Waals surface area contributed by atoms with Crippen LogP contribution in [0.3, 0.4) is 0 Å². The Morgan fingerprint density at radius 1 is 1.17 bits per heavy atom. The molecule has 0 spiro atoms. The summed E-state index contributed by atoms with van der Waals surface area (Å²) in [5.74, 6) is 6.29. The lowest BCUT2D eigenvalue weighted by Gasteiger charge is -2.32. The molecular formula is C24H33N3O3. The number of nitrogens with two attached hydrogens (primary N) is 1. The van der Waals surface area contributed by atoms with Crippen molar-refractivity contribution in [3.05, 3.63) is 65.9 Å². The zero-order chi connectivity index (χ0) is 21.2. The molecule has 1 aliphatic carbocycles. The number of allylic oxidation sites excluding steroid dienone is 2. The van der Waals surface area contributed by atoms with E-state index >= 15 is 0 Å². The highest BCUT2D eigenvalue weighted by Crippen LogP contribution is 2.40. The number of carboxylic acids is 1. The zero-order valence-corrected chi connectivity index (χ0v) is 17.6. The number of rotatable bonds is 11. The molecule has 0 amide bonds. The molecule has 1 saturated carbocycles. The fourth-order valence-electron chi connectivity index (χ4n) is 4.60. The van der Waals surface area contributed by atoms with E-state index in [1.165, 1.54) is 30.4 Å². The molecule has 0 bridgehead atoms. The van der Waals surface area contributed by atoms with Crippen molar-refractivity contribution < 1.29 is 14.7 Å². The molecule has 1 aromatic heterocycles. The van der Waals surface area contributed by atoms with Crippen LogP contribution in [0.1, 0.15) is 69.4 Å². The number of hydrogen-bond acceptors (Lipinski definition) is 4. The third-order valence-corrected chi connectivity index (χ3v) is 6.07. The Morgan fingerprint density at radius 2 is 1.90 bits per heavy atom. The fraction of sp³-hybridized carbons (Fsp3) is 0.500. The topological polar surface area (TPSA) is 90.4 Å². The Kier molecular flexibility index (Phi) is 8.51. The molecule has 30 heavy (non-hydrogen) atoms. The van der Waals surface area contributed by atoms with E-state index in [-0.39, 0.29) is 12.5 Å². The molecule has 0 radical (unpaired) electrons. The number of carbonyl (C=O) groups is 1. The van der Waals surface area contributed by atoms with Gasteiger partial charge in [0.25, 0.3) is 0 Å². The van der Waals surface area contributed by atoms with Crippen molar-refractivity contribution >= 4 is 5.97 Å². The largest absolute Gasteiger partial charge is 0.481 e. The summed E-state index contributed by atoms with van der Waals surface area (Å²) in [7, 11) is 0. The van der Waals surface area contributed by atoms with Crippen molar-refractivity contribution in [1.29, 1.82) is 0 Å². The van der Waals surface area contributed by atoms with Crippen LogP contribution < -0.4 is 5.90 Å². The van der Waals surface area contributed by atoms with E-state index in [9.17, 15) is 4.79 Å². The van der Waals surface area contributed by atoms with Gasteiger partial charge in [0.1, 0.15) is 5.76 Å². The van der Waals surface area contributed by atoms with Crippen LogP contribution in [0.4, 0.5) is 0 Å². The van der Waals surface area contributed by atoms with Crippen LogP contribution >= 0.6 is 0 Å². The van der Waals surface area contributed by atoms with Gasteiger partial charge in [0, 0.05) is 25.2 Å². The van der Waals surface area contributed by atoms with Crippen LogP contribution in [0.5, 0.6) is 0 Å². The number of carboxylic acid groups (broad SMARTS) is 1. The molecular weight excluding hydrogens is 378 g/mol. The van der Waals surface area contributed by atoms with Crippen LogP contribution in [-0.4, -0.2) is 20.6 Å². The average molecular weight is 412 g/mol. The Morgan fingerprint density at radius 3 is 2.53 bits per heavy atom. The van der Waals surface area contributed by atoms with Gasteiger partial charge in [-0.15, -0.1) is 0 Å². The van der Waals surface area contributed by atoms with E-state index in [0.29, 0.717) is 18.8 Å². The summed E-state index contributed by atoms with van der Waals surface area (Å²) in [5, 5.41) is 8.95. The fourth-order valence-corrected chi connectivity index (χ4v) is 4.60. The summed E-state index contributed by atoms with van der Waals surface area (Å²) in [4.78, 5) is 20.7. The number of hydrogen-bond donors (Lipinski definition) is 2. The number of nitrogens with zero attached hydrogens (tertiary/aromatic N) is 2. The maximum atomic E-state index is 10.9. The van der Waals surface area contributed by atoms with Crippen molar-refractivity contribution in [3.63, 3.8) is 0 Å². The second-order valence-corrected chi connectivity index (χ2v) is 8.15. The molecule has 6 nitrogen and oxygen atoms in total. The molecule has 0 saturated heterocycles. The highest BCUT2D eigenvalue weighted by molar-refractivity contribution is 5.66. The van der Waals surface area contributed by atoms with E-state index in [4.69, 9.17) is 15.8 Å². The third kappa shape index (κ3) is 6.20. The predicted molar refractivity (Wildman–Crippen MR) is 116 cm³/mol. The maximum absolute atomic E-state index is 10.9. The smallest absolute Gasteiger partial charge is 0.303 e. The van der Waals surface area contributed by atoms with E-state index < -0.39 is 5.97 Å². The first kappa shape index (κ1) is 22.1. The highest BCUT2D eigenvalue weighted by atomic mass is 16.6. The molecule has 3 N–H and O–H groups in total. The lowest BCUT2D eigenvalue weighted by molar-refractivity contribution is -0.137. The summed E-state index contributed by atoms with van der Waals surface area (Å²) in [6.45, 7) is 0. The summed E-state index contributed by atoms with van der Waals surface area (Å²) < 4.78 is 2.16. The van der Waals surface area contributed by atoms with Crippen LogP contribution in [-0.2, 0) is 16.1 Å². The quantitative estimate of drug-likeness (QED) is 0.307. The first-order valence-electron chi connectivity index (χ1n) is 11.0. The predicted octanol–water partition coefficient (Wildman–Crippen LogP) is 5.04. The van der Waals surface area contributed by atoms with Crippen LogP contribution in [0.15, 0.2) is 60.4 Å². The Labute approximate surface area is 178 Å². The number of imidazole rings is 1. The normalized spacial score (nSPS) is 16.7. The van der Waals surface area contributed by atoms with Gasteiger partial charge in [-0.2, -0.15) is 5.90 Å². The molecule has 0 aliphatic heterocycles. The summed E-state index contributed by atoms with van der Waals surface area (Å²) >= 11 is 0. The van der Waals surface area contributed by atoms with Gasteiger partial charge in [0.05, 0.1) is 12.4 Å². The molecule has 6 heteroatoms. The van der Waals surface area contributed by atoms with Gasteiger partial charge in [-0.1, -0.05) is 49.6 Å². The van der Waals surface area contributed by atoms with Gasteiger partial charge in [-0.25, -0.2) is 4.98 Å². The number of benzene rings is 1. The number of unbranched alkanes of at least 4 members (excludes halogenated alkanes) is 1. The van der Waals surface area contributed by atoms with E-state index in [0.717, 1.165) is 31.4 Å². The van der Waals surface area contributed by atoms with Crippen LogP contribution in [0.2, 0.25) is 0 Å². The molecule has 1 fully saturated rings. The van der Waals surface area contributed by atoms with Crippen molar-refractivity contribution in [2.45, 2.75) is 70.3 Å². The number of aromatic nitrogens is 2. The Hall–Kier alpha value is -2.60. The molecule has 1 aliphatic rings. The van der Waals surface area contributed by atoms with Gasteiger partial charge < -0.3 is 14.5 Å². The molecule has 1 aromatic carbocycles. The van der Waals surface area contributed by atoms with Crippen molar-refractivity contribution in [1.82, 2.24) is 9.55 Å². The van der Waals surface area contributed by atoms with Crippen molar-refractivity contribution in [2.24, 2.45) is 11.8 Å². The van der Waals surface area contributed by atoms with E-state index in [1.807, 2.05) is 24.8 Å². The molecule has 1 heterocycles. The van der Waals surface area contributed by atoms with Gasteiger partial charge in [-0.05, 0) is 49.2 Å². The van der Waals surface area contributed by atoms with Crippen molar-refractivity contribution in [3.8, 4) is 0 Å². The molecule has 2 aromatic rings. The van der Waals surface area contributed by atoms with Gasteiger partial charge in [0.2, 0.25) is 0 Å². The molecule has 3 rings (SSSR count). The molecule has 162 valence electrons. The maximum Gasteiger partial charge on any atom is 0.303 e. The standard InChI is InChI=1S/C24H33N3O3/c25-30-22(13-7-8-14-23(28)29)24(20-11-5-2-6-12-20)21(27-16-15-26-18-27)17-19-9-3-1-4-10-19/h1,3-4,9-10,15-16,18,20-21H,2,5-8,11-14,17,25H2,(H,28,29)/b24-22-. The van der Waals surface area contributed by atoms with E-state index in [1.54, 1.807) is 0 Å². The number of aliphatic carboxylic acids is 1. The SMILES string of the molecule is NO/C(CCCCC(=O)O)=C(/C1CCCCC1)C(Cc1ccccc1)n1ccnc1. The summed E-state index contributed by atoms with van der Waals surface area (Å²) in [6, 6.07) is 10.5. The Bertz CT molecular complexity index is 796. The monoisotopic (exact) mass is 411 g/mol. The first-order chi connectivity index (χ1) is 14.7.